The molecule has 2 aromatic heterocycles. The molecule has 2 N–H and O–H groups in total. The number of aryl methyl sites for hydroxylation is 1. The van der Waals surface area contributed by atoms with Crippen molar-refractivity contribution >= 4 is 11.6 Å². The Labute approximate surface area is 115 Å². The third kappa shape index (κ3) is 2.25. The molecule has 0 aliphatic carbocycles. The topological polar surface area (TPSA) is 88.8 Å². The van der Waals surface area contributed by atoms with Gasteiger partial charge in [-0.1, -0.05) is 0 Å². The normalized spacial score (nSPS) is 22.9. The number of carbonyl (C=O) groups is 1. The van der Waals surface area contributed by atoms with Crippen molar-refractivity contribution in [1.82, 2.24) is 19.9 Å². The molecule has 2 aromatic rings. The Hall–Kier alpha value is -1.99. The fraction of sp³-hybridized carbons (Fsp3) is 0.462. The fourth-order valence-electron chi connectivity index (χ4n) is 2.35. The van der Waals surface area contributed by atoms with Gasteiger partial charge in [-0.25, -0.2) is 9.50 Å². The van der Waals surface area contributed by atoms with E-state index in [1.54, 1.807) is 16.8 Å². The van der Waals surface area contributed by atoms with E-state index in [1.165, 1.54) is 6.20 Å². The monoisotopic (exact) mass is 276 g/mol. The van der Waals surface area contributed by atoms with E-state index in [0.717, 1.165) is 5.69 Å². The number of carbonyl (C=O) groups excluding carboxylic acids is 1. The molecular weight excluding hydrogens is 260 g/mol. The molecule has 1 aliphatic rings. The number of hydrogen-bond donors (Lipinski definition) is 2. The first kappa shape index (κ1) is 13.0. The van der Waals surface area contributed by atoms with Crippen molar-refractivity contribution in [3.8, 4) is 0 Å². The molecule has 7 heteroatoms. The molecule has 0 saturated carbocycles. The van der Waals surface area contributed by atoms with E-state index in [9.17, 15) is 9.90 Å². The summed E-state index contributed by atoms with van der Waals surface area (Å²) >= 11 is 0. The van der Waals surface area contributed by atoms with Gasteiger partial charge < -0.3 is 15.2 Å². The molecule has 2 atom stereocenters. The Balaban J connectivity index is 1.83. The van der Waals surface area contributed by atoms with Gasteiger partial charge in [-0.2, -0.15) is 5.10 Å². The van der Waals surface area contributed by atoms with Gasteiger partial charge in [-0.05, 0) is 13.3 Å². The van der Waals surface area contributed by atoms with Crippen LogP contribution in [-0.2, 0) is 4.74 Å². The molecule has 1 saturated heterocycles. The lowest BCUT2D eigenvalue weighted by atomic mass is 10.1. The predicted octanol–water partition coefficient (Wildman–Crippen LogP) is -0.0827. The van der Waals surface area contributed by atoms with Crippen molar-refractivity contribution in [2.24, 2.45) is 0 Å². The average molecular weight is 276 g/mol. The lowest BCUT2D eigenvalue weighted by molar-refractivity contribution is -0.0261. The molecule has 1 fully saturated rings. The van der Waals surface area contributed by atoms with E-state index in [2.05, 4.69) is 15.4 Å². The van der Waals surface area contributed by atoms with Crippen LogP contribution in [0.25, 0.3) is 5.65 Å². The Bertz CT molecular complexity index is 640. The maximum atomic E-state index is 12.3. The standard InChI is InChI=1S/C13H16N4O3/c1-8-9(6-14-12-2-4-15-17(8)12)13(19)16-10-3-5-20-7-11(10)18/h2,4,6,10-11,18H,3,5,7H2,1H3,(H,16,19)/t10-,11-/m1/s1. The number of nitrogens with zero attached hydrogens (tertiary/aromatic N) is 3. The zero-order valence-corrected chi connectivity index (χ0v) is 11.1. The van der Waals surface area contributed by atoms with Gasteiger partial charge in [0.1, 0.15) is 0 Å². The number of ether oxygens (including phenoxy) is 1. The summed E-state index contributed by atoms with van der Waals surface area (Å²) in [5.74, 6) is -0.252. The number of amides is 1. The van der Waals surface area contributed by atoms with Crippen molar-refractivity contribution in [2.45, 2.75) is 25.5 Å². The summed E-state index contributed by atoms with van der Waals surface area (Å²) in [6.07, 6.45) is 3.10. The highest BCUT2D eigenvalue weighted by atomic mass is 16.5. The van der Waals surface area contributed by atoms with Crippen molar-refractivity contribution in [2.75, 3.05) is 13.2 Å². The minimum atomic E-state index is -0.672. The smallest absolute Gasteiger partial charge is 0.255 e. The summed E-state index contributed by atoms with van der Waals surface area (Å²) in [6.45, 7) is 2.61. The minimum Gasteiger partial charge on any atom is -0.389 e. The van der Waals surface area contributed by atoms with Crippen molar-refractivity contribution < 1.29 is 14.6 Å². The van der Waals surface area contributed by atoms with Crippen LogP contribution in [0.5, 0.6) is 0 Å². The fourth-order valence-corrected chi connectivity index (χ4v) is 2.35. The second kappa shape index (κ2) is 5.18. The van der Waals surface area contributed by atoms with Crippen molar-refractivity contribution in [3.05, 3.63) is 29.7 Å². The number of rotatable bonds is 2. The Morgan fingerprint density at radius 1 is 1.60 bits per heavy atom. The molecule has 7 nitrogen and oxygen atoms in total. The third-order valence-electron chi connectivity index (χ3n) is 3.54. The van der Waals surface area contributed by atoms with Crippen LogP contribution in [0, 0.1) is 6.92 Å². The van der Waals surface area contributed by atoms with Gasteiger partial charge in [0, 0.05) is 18.9 Å². The minimum absolute atomic E-state index is 0.250. The Morgan fingerprint density at radius 3 is 3.25 bits per heavy atom. The Kier molecular flexibility index (Phi) is 3.37. The summed E-state index contributed by atoms with van der Waals surface area (Å²) in [5, 5.41) is 16.8. The molecule has 0 aromatic carbocycles. The highest BCUT2D eigenvalue weighted by molar-refractivity contribution is 5.95. The quantitative estimate of drug-likeness (QED) is 0.800. The molecule has 3 rings (SSSR count). The molecule has 0 spiro atoms. The van der Waals surface area contributed by atoms with E-state index >= 15 is 0 Å². The maximum absolute atomic E-state index is 12.3. The molecule has 3 heterocycles. The molecule has 1 amide bonds. The maximum Gasteiger partial charge on any atom is 0.255 e. The number of fused-ring (bicyclic) bond motifs is 1. The SMILES string of the molecule is Cc1c(C(=O)N[C@@H]2CCOC[C@H]2O)cnc2ccnn12. The highest BCUT2D eigenvalue weighted by Gasteiger charge is 2.26. The van der Waals surface area contributed by atoms with E-state index in [0.29, 0.717) is 24.2 Å². The van der Waals surface area contributed by atoms with Gasteiger partial charge >= 0.3 is 0 Å². The molecule has 0 bridgehead atoms. The number of aliphatic hydroxyl groups is 1. The zero-order valence-electron chi connectivity index (χ0n) is 11.1. The average Bonchev–Trinajstić information content (AvgIpc) is 2.91. The molecular formula is C13H16N4O3. The summed E-state index contributed by atoms with van der Waals surface area (Å²) in [5.41, 5.74) is 1.88. The summed E-state index contributed by atoms with van der Waals surface area (Å²) in [6, 6.07) is 1.49. The van der Waals surface area contributed by atoms with Gasteiger partial charge in [0.25, 0.3) is 5.91 Å². The summed E-state index contributed by atoms with van der Waals surface area (Å²) in [4.78, 5) is 16.5. The van der Waals surface area contributed by atoms with Crippen molar-refractivity contribution in [1.29, 1.82) is 0 Å². The molecule has 20 heavy (non-hydrogen) atoms. The molecule has 0 radical (unpaired) electrons. The third-order valence-corrected chi connectivity index (χ3v) is 3.54. The Morgan fingerprint density at radius 2 is 2.45 bits per heavy atom. The molecule has 0 unspecified atom stereocenters. The number of aliphatic hydroxyl groups excluding tert-OH is 1. The van der Waals surface area contributed by atoms with Crippen LogP contribution in [0.2, 0.25) is 0 Å². The lowest BCUT2D eigenvalue weighted by Crippen LogP contribution is -2.48. The lowest BCUT2D eigenvalue weighted by Gasteiger charge is -2.28. The van der Waals surface area contributed by atoms with Crippen LogP contribution in [-0.4, -0.2) is 51.0 Å². The van der Waals surface area contributed by atoms with Crippen LogP contribution in [0.4, 0.5) is 0 Å². The largest absolute Gasteiger partial charge is 0.389 e. The van der Waals surface area contributed by atoms with Gasteiger partial charge in [0.2, 0.25) is 0 Å². The first-order valence-electron chi connectivity index (χ1n) is 6.53. The van der Waals surface area contributed by atoms with E-state index in [4.69, 9.17) is 4.74 Å². The van der Waals surface area contributed by atoms with Crippen LogP contribution in [0.1, 0.15) is 22.5 Å². The van der Waals surface area contributed by atoms with E-state index < -0.39 is 6.10 Å². The van der Waals surface area contributed by atoms with Gasteiger partial charge in [0.05, 0.1) is 36.2 Å². The number of hydrogen-bond acceptors (Lipinski definition) is 5. The van der Waals surface area contributed by atoms with Crippen LogP contribution >= 0.6 is 0 Å². The zero-order chi connectivity index (χ0) is 14.1. The van der Waals surface area contributed by atoms with E-state index in [1.807, 2.05) is 6.92 Å². The summed E-state index contributed by atoms with van der Waals surface area (Å²) in [7, 11) is 0. The van der Waals surface area contributed by atoms with Gasteiger partial charge in [-0.3, -0.25) is 4.79 Å². The second-order valence-electron chi connectivity index (χ2n) is 4.87. The highest BCUT2D eigenvalue weighted by Crippen LogP contribution is 2.12. The molecule has 1 aliphatic heterocycles. The van der Waals surface area contributed by atoms with Crippen LogP contribution in [0.3, 0.4) is 0 Å². The van der Waals surface area contributed by atoms with Crippen LogP contribution < -0.4 is 5.32 Å². The first-order valence-corrected chi connectivity index (χ1v) is 6.53. The first-order chi connectivity index (χ1) is 9.66. The number of aromatic nitrogens is 3. The predicted molar refractivity (Wildman–Crippen MR) is 70.4 cm³/mol. The summed E-state index contributed by atoms with van der Waals surface area (Å²) < 4.78 is 6.76. The van der Waals surface area contributed by atoms with E-state index in [-0.39, 0.29) is 18.6 Å². The number of nitrogens with one attached hydrogen (secondary N) is 1. The second-order valence-corrected chi connectivity index (χ2v) is 4.87. The van der Waals surface area contributed by atoms with Crippen molar-refractivity contribution in [3.63, 3.8) is 0 Å². The van der Waals surface area contributed by atoms with Gasteiger partial charge in [-0.15, -0.1) is 0 Å². The van der Waals surface area contributed by atoms with Gasteiger partial charge in [0.15, 0.2) is 5.65 Å². The van der Waals surface area contributed by atoms with Crippen LogP contribution in [0.15, 0.2) is 18.5 Å². The molecule has 106 valence electrons.